The SMILES string of the molecule is c1ccc(N(c2ccccc2)c2ccc(-c3c4ccccc4c(-c4ccc(N(c5ccccc5)c5ccccc5)cc4)c4cc(-c5cccc6ccc7cccnc7c56)ccc34)cc2)cc1. The summed E-state index contributed by atoms with van der Waals surface area (Å²) in [4.78, 5) is 9.57. The molecule has 0 amide bonds. The topological polar surface area (TPSA) is 19.4 Å². The van der Waals surface area contributed by atoms with Crippen LogP contribution in [0, 0.1) is 0 Å². The molecule has 66 heavy (non-hydrogen) atoms. The summed E-state index contributed by atoms with van der Waals surface area (Å²) in [5, 5.41) is 8.29. The number of benzene rings is 11. The Balaban J connectivity index is 1.08. The number of hydrogen-bond acceptors (Lipinski definition) is 3. The van der Waals surface area contributed by atoms with Crippen LogP contribution in [0.2, 0.25) is 0 Å². The van der Waals surface area contributed by atoms with Gasteiger partial charge in [0, 0.05) is 51.1 Å². The Bertz CT molecular complexity index is 3590. The maximum absolute atomic E-state index is 4.93. The number of para-hydroxylation sites is 4. The fourth-order valence-electron chi connectivity index (χ4n) is 9.88. The van der Waals surface area contributed by atoms with Crippen molar-refractivity contribution in [3.63, 3.8) is 0 Å². The summed E-state index contributed by atoms with van der Waals surface area (Å²) in [6.07, 6.45) is 1.90. The fraction of sp³-hybridized carbons (Fsp3) is 0. The molecule has 1 heterocycles. The minimum atomic E-state index is 1.02. The van der Waals surface area contributed by atoms with Gasteiger partial charge in [-0.3, -0.25) is 4.98 Å². The lowest BCUT2D eigenvalue weighted by Gasteiger charge is -2.26. The Kier molecular flexibility index (Phi) is 9.85. The van der Waals surface area contributed by atoms with Crippen LogP contribution < -0.4 is 9.80 Å². The van der Waals surface area contributed by atoms with Gasteiger partial charge in [-0.25, -0.2) is 0 Å². The molecule has 0 N–H and O–H groups in total. The van der Waals surface area contributed by atoms with E-state index in [9.17, 15) is 0 Å². The third kappa shape index (κ3) is 6.91. The highest BCUT2D eigenvalue weighted by atomic mass is 15.1. The average Bonchev–Trinajstić information content (AvgIpc) is 3.39. The molecule has 0 spiro atoms. The van der Waals surface area contributed by atoms with E-state index in [1.165, 1.54) is 49.0 Å². The Morgan fingerprint density at radius 3 is 1.20 bits per heavy atom. The van der Waals surface area contributed by atoms with Gasteiger partial charge in [0.2, 0.25) is 0 Å². The van der Waals surface area contributed by atoms with Crippen LogP contribution in [0.1, 0.15) is 0 Å². The van der Waals surface area contributed by atoms with Crippen molar-refractivity contribution >= 4 is 77.3 Å². The molecule has 3 heteroatoms. The molecule has 310 valence electrons. The highest BCUT2D eigenvalue weighted by molar-refractivity contribution is 6.23. The monoisotopic (exact) mass is 841 g/mol. The van der Waals surface area contributed by atoms with Gasteiger partial charge in [-0.1, -0.05) is 170 Å². The second-order valence-electron chi connectivity index (χ2n) is 16.7. The molecule has 1 aromatic heterocycles. The van der Waals surface area contributed by atoms with E-state index >= 15 is 0 Å². The fourth-order valence-corrected chi connectivity index (χ4v) is 9.88. The van der Waals surface area contributed by atoms with Crippen molar-refractivity contribution in [2.45, 2.75) is 0 Å². The minimum Gasteiger partial charge on any atom is -0.311 e. The van der Waals surface area contributed by atoms with Crippen molar-refractivity contribution in [1.29, 1.82) is 0 Å². The molecular weight excluding hydrogens is 799 g/mol. The summed E-state index contributed by atoms with van der Waals surface area (Å²) in [6, 6.07) is 91.8. The lowest BCUT2D eigenvalue weighted by atomic mass is 9.84. The van der Waals surface area contributed by atoms with E-state index in [-0.39, 0.29) is 0 Å². The first kappa shape index (κ1) is 38.9. The number of rotatable bonds is 9. The Morgan fingerprint density at radius 1 is 0.273 bits per heavy atom. The molecule has 12 rings (SSSR count). The molecule has 0 bridgehead atoms. The summed E-state index contributed by atoms with van der Waals surface area (Å²) < 4.78 is 0. The van der Waals surface area contributed by atoms with E-state index in [4.69, 9.17) is 4.98 Å². The lowest BCUT2D eigenvalue weighted by molar-refractivity contribution is 1.28. The van der Waals surface area contributed by atoms with Gasteiger partial charge in [-0.2, -0.15) is 0 Å². The highest BCUT2D eigenvalue weighted by Crippen LogP contribution is 2.47. The number of nitrogens with zero attached hydrogens (tertiary/aromatic N) is 3. The zero-order valence-corrected chi connectivity index (χ0v) is 36.2. The first-order valence-electron chi connectivity index (χ1n) is 22.5. The van der Waals surface area contributed by atoms with E-state index in [2.05, 4.69) is 259 Å². The first-order valence-corrected chi connectivity index (χ1v) is 22.5. The Morgan fingerprint density at radius 2 is 0.682 bits per heavy atom. The molecule has 0 aliphatic heterocycles. The van der Waals surface area contributed by atoms with E-state index < -0.39 is 0 Å². The second kappa shape index (κ2) is 16.7. The Hall–Kier alpha value is -8.79. The zero-order valence-electron chi connectivity index (χ0n) is 36.2. The quantitative estimate of drug-likeness (QED) is 0.107. The van der Waals surface area contributed by atoms with Crippen LogP contribution >= 0.6 is 0 Å². The largest absolute Gasteiger partial charge is 0.311 e. The molecule has 12 aromatic rings. The van der Waals surface area contributed by atoms with Crippen molar-refractivity contribution in [2.75, 3.05) is 9.80 Å². The number of anilines is 6. The molecule has 0 fully saturated rings. The Labute approximate surface area is 384 Å². The summed E-state index contributed by atoms with van der Waals surface area (Å²) in [5.41, 5.74) is 14.7. The maximum atomic E-state index is 4.93. The van der Waals surface area contributed by atoms with Crippen LogP contribution in [-0.4, -0.2) is 4.98 Å². The molecule has 0 atom stereocenters. The maximum Gasteiger partial charge on any atom is 0.0786 e. The van der Waals surface area contributed by atoms with Gasteiger partial charge in [0.05, 0.1) is 5.52 Å². The molecule has 0 aliphatic rings. The first-order chi connectivity index (χ1) is 32.8. The van der Waals surface area contributed by atoms with E-state index in [1.807, 2.05) is 12.3 Å². The molecule has 0 aliphatic carbocycles. The third-order valence-electron chi connectivity index (χ3n) is 12.8. The van der Waals surface area contributed by atoms with Crippen LogP contribution in [0.3, 0.4) is 0 Å². The number of pyridine rings is 1. The van der Waals surface area contributed by atoms with Crippen LogP contribution in [0.4, 0.5) is 34.1 Å². The smallest absolute Gasteiger partial charge is 0.0786 e. The van der Waals surface area contributed by atoms with E-state index in [0.29, 0.717) is 0 Å². The van der Waals surface area contributed by atoms with Crippen LogP contribution in [0.25, 0.3) is 76.6 Å². The average molecular weight is 842 g/mol. The highest BCUT2D eigenvalue weighted by Gasteiger charge is 2.21. The van der Waals surface area contributed by atoms with Crippen LogP contribution in [0.15, 0.2) is 261 Å². The van der Waals surface area contributed by atoms with Gasteiger partial charge in [-0.05, 0) is 145 Å². The van der Waals surface area contributed by atoms with Crippen LogP contribution in [0.5, 0.6) is 0 Å². The van der Waals surface area contributed by atoms with Gasteiger partial charge in [-0.15, -0.1) is 0 Å². The standard InChI is InChI=1S/C63H43N3/c1-5-19-49(20-6-1)65(50-21-7-2-8-22-50)53-37-32-45(33-38-53)60-56-27-13-14-28-57(56)61(46-34-39-54(40-35-46)66(51-23-9-3-10-24-51)52-25-11-4-12-26-52)59-43-48(36-41-58(59)60)55-29-15-17-44-30-31-47-18-16-42-64-63(47)62(44)55/h1-43H. The molecular formula is C63H43N3. The van der Waals surface area contributed by atoms with Gasteiger partial charge < -0.3 is 9.80 Å². The molecule has 3 nitrogen and oxygen atoms in total. The second-order valence-corrected chi connectivity index (χ2v) is 16.7. The number of hydrogen-bond donors (Lipinski definition) is 0. The van der Waals surface area contributed by atoms with Crippen molar-refractivity contribution in [3.8, 4) is 33.4 Å². The van der Waals surface area contributed by atoms with Crippen molar-refractivity contribution < 1.29 is 0 Å². The summed E-state index contributed by atoms with van der Waals surface area (Å²) >= 11 is 0. The molecule has 0 radical (unpaired) electrons. The predicted octanol–water partition coefficient (Wildman–Crippen LogP) is 17.6. The lowest BCUT2D eigenvalue weighted by Crippen LogP contribution is -2.09. The van der Waals surface area contributed by atoms with Crippen molar-refractivity contribution in [1.82, 2.24) is 4.98 Å². The number of fused-ring (bicyclic) bond motifs is 5. The van der Waals surface area contributed by atoms with Crippen molar-refractivity contribution in [3.05, 3.63) is 261 Å². The van der Waals surface area contributed by atoms with Crippen LogP contribution in [-0.2, 0) is 0 Å². The van der Waals surface area contributed by atoms with E-state index in [0.717, 1.165) is 61.7 Å². The van der Waals surface area contributed by atoms with Gasteiger partial charge in [0.15, 0.2) is 0 Å². The normalized spacial score (nSPS) is 11.3. The van der Waals surface area contributed by atoms with Gasteiger partial charge >= 0.3 is 0 Å². The predicted molar refractivity (Wildman–Crippen MR) is 280 cm³/mol. The molecule has 11 aromatic carbocycles. The summed E-state index contributed by atoms with van der Waals surface area (Å²) in [5.74, 6) is 0. The minimum absolute atomic E-state index is 1.02. The number of aromatic nitrogens is 1. The molecule has 0 saturated heterocycles. The van der Waals surface area contributed by atoms with Gasteiger partial charge in [0.1, 0.15) is 0 Å². The van der Waals surface area contributed by atoms with E-state index in [1.54, 1.807) is 0 Å². The zero-order chi connectivity index (χ0) is 43.8. The molecule has 0 unspecified atom stereocenters. The summed E-state index contributed by atoms with van der Waals surface area (Å²) in [6.45, 7) is 0. The molecule has 0 saturated carbocycles. The third-order valence-corrected chi connectivity index (χ3v) is 12.8. The summed E-state index contributed by atoms with van der Waals surface area (Å²) in [7, 11) is 0. The van der Waals surface area contributed by atoms with Crippen molar-refractivity contribution in [2.24, 2.45) is 0 Å². The van der Waals surface area contributed by atoms with Gasteiger partial charge in [0.25, 0.3) is 0 Å².